The minimum Gasteiger partial charge on any atom is -0.378 e. The van der Waals surface area contributed by atoms with Crippen LogP contribution in [-0.2, 0) is 16.8 Å². The number of halogens is 2. The van der Waals surface area contributed by atoms with Gasteiger partial charge in [-0.1, -0.05) is 12.1 Å². The molecule has 6 heteroatoms. The number of rotatable bonds is 4. The van der Waals surface area contributed by atoms with Gasteiger partial charge in [-0.05, 0) is 47.5 Å². The average Bonchev–Trinajstić information content (AvgIpc) is 2.44. The summed E-state index contributed by atoms with van der Waals surface area (Å²) in [5, 5.41) is 0. The Balaban J connectivity index is 2.53. The molecule has 21 heavy (non-hydrogen) atoms. The minimum atomic E-state index is -0.559. The van der Waals surface area contributed by atoms with Gasteiger partial charge in [0.25, 0.3) is 5.56 Å². The Kier molecular flexibility index (Phi) is 4.58. The van der Waals surface area contributed by atoms with E-state index in [-0.39, 0.29) is 18.0 Å². The Labute approximate surface area is 130 Å². The number of ether oxygens (including phenoxy) is 1. The Hall–Kier alpha value is -1.53. The first-order valence-electron chi connectivity index (χ1n) is 6.40. The van der Waals surface area contributed by atoms with Crippen LogP contribution in [0.15, 0.2) is 33.5 Å². The molecule has 1 N–H and O–H groups in total. The third-order valence-corrected chi connectivity index (χ3v) is 4.19. The Morgan fingerprint density at radius 3 is 2.52 bits per heavy atom. The molecule has 4 nitrogen and oxygen atoms in total. The van der Waals surface area contributed by atoms with Crippen molar-refractivity contribution in [3.8, 4) is 0 Å². The molecule has 1 aromatic carbocycles. The van der Waals surface area contributed by atoms with E-state index >= 15 is 0 Å². The van der Waals surface area contributed by atoms with Gasteiger partial charge in [0.15, 0.2) is 0 Å². The standard InChI is InChI=1S/C15H16BrFN2O2/c1-15(2,9-4-6-10(17)7-5-9)14-18-11(8-21-3)12(16)13(20)19-14/h4-7H,8H2,1-3H3,(H,18,19,20). The Bertz CT molecular complexity index is 696. The first-order valence-corrected chi connectivity index (χ1v) is 7.19. The van der Waals surface area contributed by atoms with E-state index in [9.17, 15) is 9.18 Å². The molecular weight excluding hydrogens is 339 g/mol. The maximum absolute atomic E-state index is 13.1. The number of nitrogens with zero attached hydrogens (tertiary/aromatic N) is 1. The number of methoxy groups -OCH3 is 1. The van der Waals surface area contributed by atoms with Crippen molar-refractivity contribution in [2.24, 2.45) is 0 Å². The van der Waals surface area contributed by atoms with Gasteiger partial charge in [0.05, 0.1) is 12.3 Å². The highest BCUT2D eigenvalue weighted by Gasteiger charge is 2.27. The molecule has 0 radical (unpaired) electrons. The van der Waals surface area contributed by atoms with Crippen LogP contribution in [0.3, 0.4) is 0 Å². The molecule has 0 saturated carbocycles. The van der Waals surface area contributed by atoms with E-state index in [1.165, 1.54) is 12.1 Å². The predicted octanol–water partition coefficient (Wildman–Crippen LogP) is 3.14. The van der Waals surface area contributed by atoms with Crippen molar-refractivity contribution in [3.05, 3.63) is 62.0 Å². The molecule has 1 heterocycles. The van der Waals surface area contributed by atoms with Crippen molar-refractivity contribution < 1.29 is 9.13 Å². The summed E-state index contributed by atoms with van der Waals surface area (Å²) in [6.07, 6.45) is 0. The second kappa shape index (κ2) is 6.07. The number of hydrogen-bond donors (Lipinski definition) is 1. The maximum atomic E-state index is 13.1. The van der Waals surface area contributed by atoms with Crippen LogP contribution in [0, 0.1) is 5.82 Å². The number of aromatic amines is 1. The van der Waals surface area contributed by atoms with Gasteiger partial charge in [-0.15, -0.1) is 0 Å². The average molecular weight is 355 g/mol. The van der Waals surface area contributed by atoms with E-state index in [0.29, 0.717) is 16.0 Å². The third-order valence-electron chi connectivity index (χ3n) is 3.37. The summed E-state index contributed by atoms with van der Waals surface area (Å²) < 4.78 is 18.5. The van der Waals surface area contributed by atoms with Crippen LogP contribution in [0.1, 0.15) is 30.9 Å². The lowest BCUT2D eigenvalue weighted by molar-refractivity contribution is 0.180. The van der Waals surface area contributed by atoms with Gasteiger partial charge >= 0.3 is 0 Å². The van der Waals surface area contributed by atoms with E-state index < -0.39 is 5.41 Å². The molecule has 0 amide bonds. The smallest absolute Gasteiger partial charge is 0.265 e. The summed E-state index contributed by atoms with van der Waals surface area (Å²) in [4.78, 5) is 19.2. The van der Waals surface area contributed by atoms with Crippen LogP contribution in [0.5, 0.6) is 0 Å². The van der Waals surface area contributed by atoms with Crippen LogP contribution in [-0.4, -0.2) is 17.1 Å². The fourth-order valence-corrected chi connectivity index (χ4v) is 2.34. The van der Waals surface area contributed by atoms with E-state index in [0.717, 1.165) is 5.56 Å². The van der Waals surface area contributed by atoms with E-state index in [4.69, 9.17) is 4.74 Å². The van der Waals surface area contributed by atoms with Crippen LogP contribution >= 0.6 is 15.9 Å². The molecule has 0 fully saturated rings. The monoisotopic (exact) mass is 354 g/mol. The van der Waals surface area contributed by atoms with Crippen molar-refractivity contribution in [1.82, 2.24) is 9.97 Å². The SMILES string of the molecule is COCc1nc(C(C)(C)c2ccc(F)cc2)[nH]c(=O)c1Br. The van der Waals surface area contributed by atoms with Crippen molar-refractivity contribution in [1.29, 1.82) is 0 Å². The van der Waals surface area contributed by atoms with Crippen molar-refractivity contribution in [2.75, 3.05) is 7.11 Å². The van der Waals surface area contributed by atoms with Gasteiger partial charge in [0, 0.05) is 12.5 Å². The molecule has 0 unspecified atom stereocenters. The Morgan fingerprint density at radius 1 is 1.33 bits per heavy atom. The number of hydrogen-bond acceptors (Lipinski definition) is 3. The van der Waals surface area contributed by atoms with Gasteiger partial charge in [-0.3, -0.25) is 4.79 Å². The second-order valence-corrected chi connectivity index (χ2v) is 6.03. The van der Waals surface area contributed by atoms with Gasteiger partial charge < -0.3 is 9.72 Å². The van der Waals surface area contributed by atoms with Crippen molar-refractivity contribution in [3.63, 3.8) is 0 Å². The lowest BCUT2D eigenvalue weighted by atomic mass is 9.83. The number of benzene rings is 1. The first-order chi connectivity index (χ1) is 9.86. The van der Waals surface area contributed by atoms with Gasteiger partial charge in [-0.2, -0.15) is 0 Å². The van der Waals surface area contributed by atoms with Crippen LogP contribution in [0.4, 0.5) is 4.39 Å². The molecular formula is C15H16BrFN2O2. The highest BCUT2D eigenvalue weighted by Crippen LogP contribution is 2.29. The summed E-state index contributed by atoms with van der Waals surface area (Å²) >= 11 is 3.21. The molecule has 1 aromatic heterocycles. The maximum Gasteiger partial charge on any atom is 0.265 e. The van der Waals surface area contributed by atoms with Crippen LogP contribution in [0.2, 0.25) is 0 Å². The topological polar surface area (TPSA) is 55.0 Å². The van der Waals surface area contributed by atoms with E-state index in [1.807, 2.05) is 13.8 Å². The third kappa shape index (κ3) is 3.22. The predicted molar refractivity (Wildman–Crippen MR) is 81.8 cm³/mol. The van der Waals surface area contributed by atoms with E-state index in [1.54, 1.807) is 19.2 Å². The quantitative estimate of drug-likeness (QED) is 0.917. The number of nitrogens with one attached hydrogen (secondary N) is 1. The molecule has 0 aliphatic heterocycles. The van der Waals surface area contributed by atoms with Gasteiger partial charge in [0.1, 0.15) is 16.1 Å². The molecule has 112 valence electrons. The fourth-order valence-electron chi connectivity index (χ4n) is 2.04. The molecule has 2 rings (SSSR count). The highest BCUT2D eigenvalue weighted by atomic mass is 79.9. The lowest BCUT2D eigenvalue weighted by Gasteiger charge is -2.24. The van der Waals surface area contributed by atoms with Crippen LogP contribution in [0.25, 0.3) is 0 Å². The van der Waals surface area contributed by atoms with Crippen LogP contribution < -0.4 is 5.56 Å². The highest BCUT2D eigenvalue weighted by molar-refractivity contribution is 9.10. The normalized spacial score (nSPS) is 11.7. The summed E-state index contributed by atoms with van der Waals surface area (Å²) in [5.74, 6) is 0.209. The summed E-state index contributed by atoms with van der Waals surface area (Å²) in [6, 6.07) is 6.16. The number of H-pyrrole nitrogens is 1. The fraction of sp³-hybridized carbons (Fsp3) is 0.333. The molecule has 0 aliphatic rings. The van der Waals surface area contributed by atoms with Crippen molar-refractivity contribution in [2.45, 2.75) is 25.9 Å². The zero-order valence-corrected chi connectivity index (χ0v) is 13.6. The molecule has 0 bridgehead atoms. The largest absolute Gasteiger partial charge is 0.378 e. The molecule has 0 aliphatic carbocycles. The first kappa shape index (κ1) is 15.9. The zero-order valence-electron chi connectivity index (χ0n) is 12.0. The summed E-state index contributed by atoms with van der Waals surface area (Å²) in [5.41, 5.74) is 0.571. The Morgan fingerprint density at radius 2 is 1.95 bits per heavy atom. The minimum absolute atomic E-state index is 0.233. The van der Waals surface area contributed by atoms with Gasteiger partial charge in [-0.25, -0.2) is 9.37 Å². The second-order valence-electron chi connectivity index (χ2n) is 5.24. The molecule has 0 saturated heterocycles. The molecule has 0 spiro atoms. The molecule has 2 aromatic rings. The lowest BCUT2D eigenvalue weighted by Crippen LogP contribution is -2.28. The zero-order chi connectivity index (χ0) is 15.6. The summed E-state index contributed by atoms with van der Waals surface area (Å²) in [7, 11) is 1.54. The number of aromatic nitrogens is 2. The van der Waals surface area contributed by atoms with Gasteiger partial charge in [0.2, 0.25) is 0 Å². The van der Waals surface area contributed by atoms with Crippen molar-refractivity contribution >= 4 is 15.9 Å². The van der Waals surface area contributed by atoms with E-state index in [2.05, 4.69) is 25.9 Å². The summed E-state index contributed by atoms with van der Waals surface area (Å²) in [6.45, 7) is 4.07. The molecule has 0 atom stereocenters.